The van der Waals surface area contributed by atoms with E-state index in [0.29, 0.717) is 18.7 Å². The SMILES string of the molecule is CN(C(=O)c1ccc2ccccc2n1)[C@@H]1CCO[C@H](c2ccc(F)cc2)C1. The number of nitrogens with zero attached hydrogens (tertiary/aromatic N) is 2. The van der Waals surface area contributed by atoms with E-state index < -0.39 is 0 Å². The Morgan fingerprint density at radius 3 is 2.70 bits per heavy atom. The maximum Gasteiger partial charge on any atom is 0.272 e. The molecule has 1 aromatic heterocycles. The van der Waals surface area contributed by atoms with Crippen molar-refractivity contribution < 1.29 is 13.9 Å². The zero-order valence-electron chi connectivity index (χ0n) is 15.1. The Morgan fingerprint density at radius 1 is 1.11 bits per heavy atom. The first kappa shape index (κ1) is 17.6. The molecule has 0 spiro atoms. The van der Waals surface area contributed by atoms with Crippen molar-refractivity contribution in [2.75, 3.05) is 13.7 Å². The van der Waals surface area contributed by atoms with Crippen molar-refractivity contribution in [1.29, 1.82) is 0 Å². The molecule has 4 rings (SSSR count). The molecule has 1 amide bonds. The van der Waals surface area contributed by atoms with Crippen molar-refractivity contribution in [3.05, 3.63) is 77.7 Å². The average Bonchev–Trinajstić information content (AvgIpc) is 2.73. The fourth-order valence-corrected chi connectivity index (χ4v) is 3.57. The third-order valence-corrected chi connectivity index (χ3v) is 5.18. The lowest BCUT2D eigenvalue weighted by atomic mass is 9.96. The predicted octanol–water partition coefficient (Wildman–Crippen LogP) is 4.37. The number of para-hydroxylation sites is 1. The van der Waals surface area contributed by atoms with Crippen molar-refractivity contribution in [2.24, 2.45) is 0 Å². The topological polar surface area (TPSA) is 42.4 Å². The van der Waals surface area contributed by atoms with Gasteiger partial charge < -0.3 is 9.64 Å². The van der Waals surface area contributed by atoms with Crippen molar-refractivity contribution in [2.45, 2.75) is 25.0 Å². The van der Waals surface area contributed by atoms with Crippen molar-refractivity contribution in [3.63, 3.8) is 0 Å². The van der Waals surface area contributed by atoms with Crippen LogP contribution in [-0.4, -0.2) is 35.5 Å². The van der Waals surface area contributed by atoms with Gasteiger partial charge in [-0.15, -0.1) is 0 Å². The third-order valence-electron chi connectivity index (χ3n) is 5.18. The molecule has 2 aromatic carbocycles. The molecule has 1 saturated heterocycles. The average molecular weight is 364 g/mol. The summed E-state index contributed by atoms with van der Waals surface area (Å²) in [4.78, 5) is 19.2. The molecular weight excluding hydrogens is 343 g/mol. The Labute approximate surface area is 157 Å². The van der Waals surface area contributed by atoms with E-state index in [-0.39, 0.29) is 23.9 Å². The molecular formula is C22H21FN2O2. The molecule has 3 aromatic rings. The summed E-state index contributed by atoms with van der Waals surface area (Å²) >= 11 is 0. The van der Waals surface area contributed by atoms with E-state index >= 15 is 0 Å². The number of amides is 1. The lowest BCUT2D eigenvalue weighted by Crippen LogP contribution is -2.41. The Balaban J connectivity index is 1.51. The lowest BCUT2D eigenvalue weighted by Gasteiger charge is -2.35. The van der Waals surface area contributed by atoms with Crippen LogP contribution in [0.15, 0.2) is 60.7 Å². The molecule has 138 valence electrons. The molecule has 0 saturated carbocycles. The summed E-state index contributed by atoms with van der Waals surface area (Å²) < 4.78 is 19.0. The highest BCUT2D eigenvalue weighted by molar-refractivity contribution is 5.94. The monoisotopic (exact) mass is 364 g/mol. The van der Waals surface area contributed by atoms with E-state index in [9.17, 15) is 9.18 Å². The lowest BCUT2D eigenvalue weighted by molar-refractivity contribution is -0.0198. The zero-order chi connectivity index (χ0) is 18.8. The summed E-state index contributed by atoms with van der Waals surface area (Å²) in [5.41, 5.74) is 2.19. The number of benzene rings is 2. The second-order valence-corrected chi connectivity index (χ2v) is 6.89. The summed E-state index contributed by atoms with van der Waals surface area (Å²) in [6, 6.07) is 17.9. The van der Waals surface area contributed by atoms with Gasteiger partial charge in [-0.1, -0.05) is 36.4 Å². The fourth-order valence-electron chi connectivity index (χ4n) is 3.57. The molecule has 1 fully saturated rings. The van der Waals surface area contributed by atoms with Crippen molar-refractivity contribution in [1.82, 2.24) is 9.88 Å². The molecule has 0 unspecified atom stereocenters. The molecule has 2 heterocycles. The molecule has 1 aliphatic heterocycles. The van der Waals surface area contributed by atoms with Gasteiger partial charge in [0.1, 0.15) is 11.5 Å². The van der Waals surface area contributed by atoms with Gasteiger partial charge in [-0.05, 0) is 42.7 Å². The van der Waals surface area contributed by atoms with Gasteiger partial charge >= 0.3 is 0 Å². The summed E-state index contributed by atoms with van der Waals surface area (Å²) in [6.45, 7) is 0.565. The summed E-state index contributed by atoms with van der Waals surface area (Å²) in [6.07, 6.45) is 1.32. The Bertz CT molecular complexity index is 958. The van der Waals surface area contributed by atoms with Gasteiger partial charge in [0.15, 0.2) is 0 Å². The third kappa shape index (κ3) is 3.69. The summed E-state index contributed by atoms with van der Waals surface area (Å²) in [5, 5.41) is 1.01. The van der Waals surface area contributed by atoms with E-state index in [1.165, 1.54) is 12.1 Å². The van der Waals surface area contributed by atoms with Crippen LogP contribution in [0.1, 0.15) is 35.0 Å². The van der Waals surface area contributed by atoms with Crippen LogP contribution in [0.5, 0.6) is 0 Å². The van der Waals surface area contributed by atoms with Gasteiger partial charge in [0.05, 0.1) is 11.6 Å². The van der Waals surface area contributed by atoms with E-state index in [0.717, 1.165) is 22.9 Å². The number of aromatic nitrogens is 1. The van der Waals surface area contributed by atoms with Gasteiger partial charge in [0, 0.05) is 25.1 Å². The number of carbonyl (C=O) groups excluding carboxylic acids is 1. The van der Waals surface area contributed by atoms with Gasteiger partial charge in [-0.3, -0.25) is 4.79 Å². The molecule has 1 aliphatic rings. The number of hydrogen-bond acceptors (Lipinski definition) is 3. The van der Waals surface area contributed by atoms with Gasteiger partial charge in [-0.2, -0.15) is 0 Å². The van der Waals surface area contributed by atoms with Gasteiger partial charge in [-0.25, -0.2) is 9.37 Å². The number of pyridine rings is 1. The fraction of sp³-hybridized carbons (Fsp3) is 0.273. The van der Waals surface area contributed by atoms with Crippen LogP contribution in [0.25, 0.3) is 10.9 Å². The number of carbonyl (C=O) groups is 1. The van der Waals surface area contributed by atoms with Crippen LogP contribution in [0, 0.1) is 5.82 Å². The Hall–Kier alpha value is -2.79. The van der Waals surface area contributed by atoms with E-state index in [1.54, 1.807) is 23.1 Å². The molecule has 0 bridgehead atoms. The quantitative estimate of drug-likeness (QED) is 0.693. The Kier molecular flexibility index (Phi) is 4.86. The molecule has 0 radical (unpaired) electrons. The van der Waals surface area contributed by atoms with Crippen LogP contribution >= 0.6 is 0 Å². The number of hydrogen-bond donors (Lipinski definition) is 0. The first-order valence-electron chi connectivity index (χ1n) is 9.12. The van der Waals surface area contributed by atoms with E-state index in [4.69, 9.17) is 4.74 Å². The summed E-state index contributed by atoms with van der Waals surface area (Å²) in [7, 11) is 1.82. The summed E-state index contributed by atoms with van der Waals surface area (Å²) in [5.74, 6) is -0.355. The second-order valence-electron chi connectivity index (χ2n) is 6.89. The Morgan fingerprint density at radius 2 is 1.89 bits per heavy atom. The molecule has 4 nitrogen and oxygen atoms in total. The zero-order valence-corrected chi connectivity index (χ0v) is 15.1. The number of fused-ring (bicyclic) bond motifs is 1. The van der Waals surface area contributed by atoms with Crippen LogP contribution in [0.2, 0.25) is 0 Å². The highest BCUT2D eigenvalue weighted by atomic mass is 19.1. The molecule has 0 aliphatic carbocycles. The minimum atomic E-state index is -0.263. The minimum absolute atomic E-state index is 0.0505. The number of ether oxygens (including phenoxy) is 1. The van der Waals surface area contributed by atoms with Crippen molar-refractivity contribution in [3.8, 4) is 0 Å². The molecule has 2 atom stereocenters. The number of rotatable bonds is 3. The largest absolute Gasteiger partial charge is 0.373 e. The molecule has 0 N–H and O–H groups in total. The standard InChI is InChI=1S/C22H21FN2O2/c1-25(22(26)20-11-8-15-4-2-3-5-19(15)24-20)18-12-13-27-21(14-18)16-6-9-17(23)10-7-16/h2-11,18,21H,12-14H2,1H3/t18-,21+/m1/s1. The highest BCUT2D eigenvalue weighted by Gasteiger charge is 2.29. The maximum atomic E-state index is 13.2. The molecule has 5 heteroatoms. The normalized spacial score (nSPS) is 19.8. The van der Waals surface area contributed by atoms with Crippen molar-refractivity contribution >= 4 is 16.8 Å². The molecule has 27 heavy (non-hydrogen) atoms. The first-order valence-corrected chi connectivity index (χ1v) is 9.12. The number of halogens is 1. The highest BCUT2D eigenvalue weighted by Crippen LogP contribution is 2.30. The van der Waals surface area contributed by atoms with Crippen LogP contribution < -0.4 is 0 Å². The van der Waals surface area contributed by atoms with Crippen LogP contribution in [0.3, 0.4) is 0 Å². The van der Waals surface area contributed by atoms with Crippen LogP contribution in [0.4, 0.5) is 4.39 Å². The predicted molar refractivity (Wildman–Crippen MR) is 102 cm³/mol. The maximum absolute atomic E-state index is 13.2. The first-order chi connectivity index (χ1) is 13.1. The smallest absolute Gasteiger partial charge is 0.272 e. The van der Waals surface area contributed by atoms with Gasteiger partial charge in [0.25, 0.3) is 5.91 Å². The second kappa shape index (κ2) is 7.45. The van der Waals surface area contributed by atoms with E-state index in [1.807, 2.05) is 37.4 Å². The van der Waals surface area contributed by atoms with Gasteiger partial charge in [0.2, 0.25) is 0 Å². The minimum Gasteiger partial charge on any atom is -0.373 e. The van der Waals surface area contributed by atoms with E-state index in [2.05, 4.69) is 4.98 Å². The van der Waals surface area contributed by atoms with Crippen LogP contribution in [-0.2, 0) is 4.74 Å².